The van der Waals surface area contributed by atoms with Gasteiger partial charge in [0, 0.05) is 23.6 Å². The van der Waals surface area contributed by atoms with Crippen molar-refractivity contribution in [2.75, 3.05) is 6.54 Å². The molecule has 4 nitrogen and oxygen atoms in total. The zero-order chi connectivity index (χ0) is 12.4. The predicted molar refractivity (Wildman–Crippen MR) is 73.4 cm³/mol. The maximum Gasteiger partial charge on any atom is 0.148 e. The first kappa shape index (κ1) is 11.3. The monoisotopic (exact) mass is 256 g/mol. The number of hydrogen-bond acceptors (Lipinski definition) is 5. The van der Waals surface area contributed by atoms with Crippen LogP contribution in [0, 0.1) is 0 Å². The van der Waals surface area contributed by atoms with Crippen LogP contribution >= 0.6 is 11.3 Å². The van der Waals surface area contributed by atoms with Gasteiger partial charge in [-0.1, -0.05) is 29.5 Å². The fourth-order valence-electron chi connectivity index (χ4n) is 1.87. The first-order chi connectivity index (χ1) is 8.88. The second kappa shape index (κ2) is 4.80. The molecular formula is C13H12N4S. The standard InChI is InChI=1S/C13H12N4S/c14-7-5-12-16-17-13(18-12)10-6-8-15-11-4-2-1-3-9(10)11/h1-4,6,8H,5,7,14H2. The summed E-state index contributed by atoms with van der Waals surface area (Å²) in [5, 5.41) is 11.4. The van der Waals surface area contributed by atoms with Crippen molar-refractivity contribution in [1.29, 1.82) is 0 Å². The molecule has 2 aromatic heterocycles. The van der Waals surface area contributed by atoms with Crippen molar-refractivity contribution in [3.63, 3.8) is 0 Å². The maximum absolute atomic E-state index is 5.53. The summed E-state index contributed by atoms with van der Waals surface area (Å²) in [6, 6.07) is 10.0. The number of rotatable bonds is 3. The molecule has 0 aliphatic heterocycles. The molecular weight excluding hydrogens is 244 g/mol. The van der Waals surface area contributed by atoms with Crippen LogP contribution in [0.15, 0.2) is 36.5 Å². The van der Waals surface area contributed by atoms with Gasteiger partial charge < -0.3 is 5.73 Å². The van der Waals surface area contributed by atoms with Crippen LogP contribution in [0.4, 0.5) is 0 Å². The summed E-state index contributed by atoms with van der Waals surface area (Å²) >= 11 is 1.60. The second-order valence-corrected chi connectivity index (χ2v) is 4.98. The Balaban J connectivity index is 2.12. The van der Waals surface area contributed by atoms with E-state index in [1.165, 1.54) is 0 Å². The van der Waals surface area contributed by atoms with Crippen molar-refractivity contribution in [3.05, 3.63) is 41.5 Å². The number of hydrogen-bond donors (Lipinski definition) is 1. The van der Waals surface area contributed by atoms with E-state index in [9.17, 15) is 0 Å². The highest BCUT2D eigenvalue weighted by molar-refractivity contribution is 7.14. The van der Waals surface area contributed by atoms with E-state index in [4.69, 9.17) is 5.73 Å². The van der Waals surface area contributed by atoms with Gasteiger partial charge in [0.1, 0.15) is 10.0 Å². The zero-order valence-corrected chi connectivity index (χ0v) is 10.5. The summed E-state index contributed by atoms with van der Waals surface area (Å²) < 4.78 is 0. The van der Waals surface area contributed by atoms with E-state index < -0.39 is 0 Å². The van der Waals surface area contributed by atoms with Gasteiger partial charge in [-0.3, -0.25) is 4.98 Å². The minimum absolute atomic E-state index is 0.603. The van der Waals surface area contributed by atoms with Gasteiger partial charge in [-0.15, -0.1) is 10.2 Å². The smallest absolute Gasteiger partial charge is 0.148 e. The lowest BCUT2D eigenvalue weighted by atomic mass is 10.1. The number of para-hydroxylation sites is 1. The molecule has 0 amide bonds. The summed E-state index contributed by atoms with van der Waals surface area (Å²) in [6.45, 7) is 0.603. The largest absolute Gasteiger partial charge is 0.330 e. The molecule has 18 heavy (non-hydrogen) atoms. The molecule has 0 aliphatic carbocycles. The third-order valence-corrected chi connectivity index (χ3v) is 3.72. The lowest BCUT2D eigenvalue weighted by Crippen LogP contribution is -2.01. The number of benzene rings is 1. The Hall–Kier alpha value is -1.85. The zero-order valence-electron chi connectivity index (χ0n) is 9.71. The van der Waals surface area contributed by atoms with Gasteiger partial charge in [-0.2, -0.15) is 0 Å². The van der Waals surface area contributed by atoms with E-state index in [0.717, 1.165) is 32.9 Å². The first-order valence-corrected chi connectivity index (χ1v) is 6.56. The molecule has 0 fully saturated rings. The number of nitrogens with zero attached hydrogens (tertiary/aromatic N) is 3. The maximum atomic E-state index is 5.53. The van der Waals surface area contributed by atoms with E-state index in [0.29, 0.717) is 6.54 Å². The van der Waals surface area contributed by atoms with E-state index >= 15 is 0 Å². The van der Waals surface area contributed by atoms with Crippen LogP contribution in [-0.4, -0.2) is 21.7 Å². The van der Waals surface area contributed by atoms with Crippen molar-refractivity contribution in [2.45, 2.75) is 6.42 Å². The molecule has 0 spiro atoms. The van der Waals surface area contributed by atoms with Gasteiger partial charge in [0.25, 0.3) is 0 Å². The van der Waals surface area contributed by atoms with Crippen LogP contribution in [0.1, 0.15) is 5.01 Å². The Kier molecular flexibility index (Phi) is 3.00. The molecule has 0 saturated carbocycles. The number of nitrogens with two attached hydrogens (primary N) is 1. The minimum atomic E-state index is 0.603. The molecule has 0 radical (unpaired) electrons. The average molecular weight is 256 g/mol. The van der Waals surface area contributed by atoms with E-state index in [1.54, 1.807) is 11.3 Å². The van der Waals surface area contributed by atoms with Crippen molar-refractivity contribution in [2.24, 2.45) is 5.73 Å². The van der Waals surface area contributed by atoms with Crippen LogP contribution < -0.4 is 5.73 Å². The number of aromatic nitrogens is 3. The normalized spacial score (nSPS) is 10.9. The van der Waals surface area contributed by atoms with Crippen molar-refractivity contribution < 1.29 is 0 Å². The van der Waals surface area contributed by atoms with E-state index in [1.807, 2.05) is 30.5 Å². The Morgan fingerprint density at radius 1 is 1.11 bits per heavy atom. The second-order valence-electron chi connectivity index (χ2n) is 3.92. The van der Waals surface area contributed by atoms with Crippen LogP contribution in [0.25, 0.3) is 21.5 Å². The fraction of sp³-hybridized carbons (Fsp3) is 0.154. The molecule has 0 saturated heterocycles. The lowest BCUT2D eigenvalue weighted by Gasteiger charge is -2.01. The van der Waals surface area contributed by atoms with Gasteiger partial charge in [0.05, 0.1) is 5.52 Å². The van der Waals surface area contributed by atoms with Crippen molar-refractivity contribution in [3.8, 4) is 10.6 Å². The third kappa shape index (κ3) is 1.98. The highest BCUT2D eigenvalue weighted by Gasteiger charge is 2.09. The van der Waals surface area contributed by atoms with E-state index in [-0.39, 0.29) is 0 Å². The molecule has 5 heteroatoms. The van der Waals surface area contributed by atoms with Gasteiger partial charge >= 0.3 is 0 Å². The van der Waals surface area contributed by atoms with Gasteiger partial charge in [0.15, 0.2) is 0 Å². The third-order valence-electron chi connectivity index (χ3n) is 2.70. The van der Waals surface area contributed by atoms with Crippen LogP contribution in [-0.2, 0) is 6.42 Å². The molecule has 90 valence electrons. The Morgan fingerprint density at radius 3 is 2.89 bits per heavy atom. The minimum Gasteiger partial charge on any atom is -0.330 e. The first-order valence-electron chi connectivity index (χ1n) is 5.75. The summed E-state index contributed by atoms with van der Waals surface area (Å²) in [4.78, 5) is 4.35. The molecule has 0 unspecified atom stereocenters. The molecule has 3 aromatic rings. The Bertz CT molecular complexity index is 672. The van der Waals surface area contributed by atoms with Crippen LogP contribution in [0.2, 0.25) is 0 Å². The Morgan fingerprint density at radius 2 is 2.00 bits per heavy atom. The summed E-state index contributed by atoms with van der Waals surface area (Å²) in [5.74, 6) is 0. The van der Waals surface area contributed by atoms with Crippen LogP contribution in [0.5, 0.6) is 0 Å². The SMILES string of the molecule is NCCc1nnc(-c2ccnc3ccccc23)s1. The van der Waals surface area contributed by atoms with Crippen molar-refractivity contribution in [1.82, 2.24) is 15.2 Å². The quantitative estimate of drug-likeness (QED) is 0.780. The summed E-state index contributed by atoms with van der Waals surface area (Å²) in [5.41, 5.74) is 7.59. The molecule has 3 rings (SSSR count). The number of pyridine rings is 1. The predicted octanol–water partition coefficient (Wildman–Crippen LogP) is 2.25. The summed E-state index contributed by atoms with van der Waals surface area (Å²) in [6.07, 6.45) is 2.59. The number of fused-ring (bicyclic) bond motifs is 1. The molecule has 0 bridgehead atoms. The van der Waals surface area contributed by atoms with Crippen molar-refractivity contribution >= 4 is 22.2 Å². The molecule has 0 aliphatic rings. The summed E-state index contributed by atoms with van der Waals surface area (Å²) in [7, 11) is 0. The topological polar surface area (TPSA) is 64.7 Å². The highest BCUT2D eigenvalue weighted by atomic mass is 32.1. The highest BCUT2D eigenvalue weighted by Crippen LogP contribution is 2.29. The average Bonchev–Trinajstić information content (AvgIpc) is 2.87. The Labute approximate surface area is 109 Å². The molecule has 2 N–H and O–H groups in total. The van der Waals surface area contributed by atoms with Gasteiger partial charge in [0.2, 0.25) is 0 Å². The lowest BCUT2D eigenvalue weighted by molar-refractivity contribution is 0.913. The molecule has 0 atom stereocenters. The van der Waals surface area contributed by atoms with Gasteiger partial charge in [-0.05, 0) is 18.7 Å². The molecule has 1 aromatic carbocycles. The van der Waals surface area contributed by atoms with E-state index in [2.05, 4.69) is 21.2 Å². The van der Waals surface area contributed by atoms with Gasteiger partial charge in [-0.25, -0.2) is 0 Å². The van der Waals surface area contributed by atoms with Crippen LogP contribution in [0.3, 0.4) is 0 Å². The fourth-order valence-corrected chi connectivity index (χ4v) is 2.76. The molecule has 2 heterocycles.